The van der Waals surface area contributed by atoms with Gasteiger partial charge in [0.2, 0.25) is 5.91 Å². The van der Waals surface area contributed by atoms with E-state index < -0.39 is 23.0 Å². The van der Waals surface area contributed by atoms with Gasteiger partial charge in [-0.3, -0.25) is 4.79 Å². The summed E-state index contributed by atoms with van der Waals surface area (Å²) in [6.45, 7) is 5.97. The molecule has 0 unspecified atom stereocenters. The van der Waals surface area contributed by atoms with Crippen molar-refractivity contribution >= 4 is 5.91 Å². The van der Waals surface area contributed by atoms with Gasteiger partial charge in [0, 0.05) is 38.4 Å². The number of halogens is 4. The van der Waals surface area contributed by atoms with Crippen LogP contribution in [0.2, 0.25) is 0 Å². The molecule has 1 aliphatic carbocycles. The summed E-state index contributed by atoms with van der Waals surface area (Å²) >= 11 is 0. The van der Waals surface area contributed by atoms with Gasteiger partial charge in [-0.2, -0.15) is 13.2 Å². The first kappa shape index (κ1) is 23.5. The van der Waals surface area contributed by atoms with Gasteiger partial charge in [0.25, 0.3) is 0 Å². The number of rotatable bonds is 4. The van der Waals surface area contributed by atoms with E-state index in [1.54, 1.807) is 4.90 Å². The Bertz CT molecular complexity index is 851. The Labute approximate surface area is 186 Å². The molecule has 2 fully saturated rings. The number of hydrogen-bond acceptors (Lipinski definition) is 3. The van der Waals surface area contributed by atoms with Gasteiger partial charge in [0.05, 0.1) is 11.0 Å². The minimum absolute atomic E-state index is 0.00718. The molecule has 4 nitrogen and oxygen atoms in total. The highest BCUT2D eigenvalue weighted by Crippen LogP contribution is 2.47. The minimum Gasteiger partial charge on any atom is -0.381 e. The predicted molar refractivity (Wildman–Crippen MR) is 112 cm³/mol. The molecule has 1 aromatic carbocycles. The number of amides is 1. The van der Waals surface area contributed by atoms with E-state index in [0.29, 0.717) is 24.2 Å². The Morgan fingerprint density at radius 2 is 1.91 bits per heavy atom. The number of nitrogens with zero attached hydrogens (tertiary/aromatic N) is 1. The van der Waals surface area contributed by atoms with E-state index in [1.165, 1.54) is 0 Å². The highest BCUT2D eigenvalue weighted by molar-refractivity contribution is 5.84. The molecule has 1 aromatic rings. The molecule has 8 heteroatoms. The smallest absolute Gasteiger partial charge is 0.381 e. The van der Waals surface area contributed by atoms with Gasteiger partial charge in [0.1, 0.15) is 5.82 Å². The zero-order valence-corrected chi connectivity index (χ0v) is 18.7. The van der Waals surface area contributed by atoms with Crippen LogP contribution in [-0.2, 0) is 28.7 Å². The van der Waals surface area contributed by atoms with Crippen LogP contribution in [0.3, 0.4) is 0 Å². The average Bonchev–Trinajstić information content (AvgIpc) is 3.18. The Hall–Kier alpha value is -1.67. The first-order chi connectivity index (χ1) is 15.1. The van der Waals surface area contributed by atoms with Gasteiger partial charge in [0.15, 0.2) is 0 Å². The number of ether oxygens (including phenoxy) is 1. The van der Waals surface area contributed by atoms with Crippen molar-refractivity contribution in [3.05, 3.63) is 34.6 Å². The lowest BCUT2D eigenvalue weighted by Gasteiger charge is -2.40. The van der Waals surface area contributed by atoms with Gasteiger partial charge >= 0.3 is 6.18 Å². The van der Waals surface area contributed by atoms with Crippen LogP contribution in [-0.4, -0.2) is 42.6 Å². The normalized spacial score (nSPS) is 27.1. The van der Waals surface area contributed by atoms with Crippen molar-refractivity contribution < 1.29 is 27.1 Å². The van der Waals surface area contributed by atoms with Gasteiger partial charge in [-0.1, -0.05) is 13.8 Å². The highest BCUT2D eigenvalue weighted by atomic mass is 19.4. The van der Waals surface area contributed by atoms with Crippen molar-refractivity contribution in [2.75, 3.05) is 19.8 Å². The van der Waals surface area contributed by atoms with Gasteiger partial charge < -0.3 is 15.0 Å². The highest BCUT2D eigenvalue weighted by Gasteiger charge is 2.50. The van der Waals surface area contributed by atoms with Crippen molar-refractivity contribution in [3.8, 4) is 0 Å². The third kappa shape index (κ3) is 4.53. The molecule has 3 aliphatic rings. The molecule has 1 saturated carbocycles. The van der Waals surface area contributed by atoms with Crippen molar-refractivity contribution in [1.82, 2.24) is 10.2 Å². The quantitative estimate of drug-likeness (QED) is 0.669. The minimum atomic E-state index is -4.62. The van der Waals surface area contributed by atoms with Crippen LogP contribution in [0.25, 0.3) is 0 Å². The predicted octanol–water partition coefficient (Wildman–Crippen LogP) is 4.69. The van der Waals surface area contributed by atoms with E-state index in [9.17, 15) is 22.4 Å². The molecule has 32 heavy (non-hydrogen) atoms. The lowest BCUT2D eigenvalue weighted by molar-refractivity contribution is -0.146. The second-order valence-corrected chi connectivity index (χ2v) is 9.87. The van der Waals surface area contributed by atoms with Crippen LogP contribution < -0.4 is 5.32 Å². The Morgan fingerprint density at radius 3 is 2.56 bits per heavy atom. The molecule has 0 radical (unpaired) electrons. The fourth-order valence-corrected chi connectivity index (χ4v) is 5.68. The SMILES string of the molecule is CC(C)[C@]1(C(=O)N2CCc3c(F)cc(C(F)(F)F)cc3C2)CC[C@@H](NC2CCOCC2)C1. The lowest BCUT2D eigenvalue weighted by Crippen LogP contribution is -2.49. The zero-order valence-electron chi connectivity index (χ0n) is 18.7. The largest absolute Gasteiger partial charge is 0.416 e. The molecule has 1 N–H and O–H groups in total. The van der Waals surface area contributed by atoms with Crippen LogP contribution in [0.4, 0.5) is 17.6 Å². The maximum Gasteiger partial charge on any atom is 0.416 e. The van der Waals surface area contributed by atoms with Crippen molar-refractivity contribution in [2.24, 2.45) is 11.3 Å². The van der Waals surface area contributed by atoms with E-state index in [1.807, 2.05) is 13.8 Å². The van der Waals surface area contributed by atoms with Crippen LogP contribution in [0, 0.1) is 17.2 Å². The van der Waals surface area contributed by atoms with Gasteiger partial charge in [-0.15, -0.1) is 0 Å². The van der Waals surface area contributed by atoms with E-state index in [4.69, 9.17) is 4.74 Å². The zero-order chi connectivity index (χ0) is 23.1. The first-order valence-electron chi connectivity index (χ1n) is 11.6. The standard InChI is InChI=1S/C24H32F4N2O2/c1-15(2)23(7-3-19(13-23)29-18-5-9-32-10-6-18)22(31)30-8-4-20-16(14-30)11-17(12-21(20)25)24(26,27)28/h11-12,15,18-19,29H,3-10,13-14H2,1-2H3/t19-,23+/m1/s1. The number of carbonyl (C=O) groups excluding carboxylic acids is 1. The number of fused-ring (bicyclic) bond motifs is 1. The van der Waals surface area contributed by atoms with E-state index >= 15 is 0 Å². The second kappa shape index (κ2) is 8.93. The molecule has 1 amide bonds. The molecule has 0 aromatic heterocycles. The second-order valence-electron chi connectivity index (χ2n) is 9.87. The lowest BCUT2D eigenvalue weighted by atomic mass is 9.73. The Morgan fingerprint density at radius 1 is 1.19 bits per heavy atom. The molecule has 0 bridgehead atoms. The summed E-state index contributed by atoms with van der Waals surface area (Å²) in [7, 11) is 0. The number of hydrogen-bond donors (Lipinski definition) is 1. The maximum atomic E-state index is 14.3. The number of nitrogens with one attached hydrogen (secondary N) is 1. The molecule has 178 valence electrons. The topological polar surface area (TPSA) is 41.6 Å². The Balaban J connectivity index is 1.51. The van der Waals surface area contributed by atoms with E-state index in [0.717, 1.165) is 51.4 Å². The summed E-state index contributed by atoms with van der Waals surface area (Å²) in [5.41, 5.74) is -0.972. The summed E-state index contributed by atoms with van der Waals surface area (Å²) in [5.74, 6) is -0.731. The van der Waals surface area contributed by atoms with Gasteiger partial charge in [-0.25, -0.2) is 4.39 Å². The molecule has 1 saturated heterocycles. The summed E-state index contributed by atoms with van der Waals surface area (Å²) < 4.78 is 59.3. The molecule has 2 aliphatic heterocycles. The maximum absolute atomic E-state index is 14.3. The number of carbonyl (C=O) groups is 1. The third-order valence-corrected chi connectivity index (χ3v) is 7.67. The third-order valence-electron chi connectivity index (χ3n) is 7.67. The molecular weight excluding hydrogens is 424 g/mol. The molecular formula is C24H32F4N2O2. The summed E-state index contributed by atoms with van der Waals surface area (Å²) in [6.07, 6.45) is -0.0620. The molecule has 0 spiro atoms. The fraction of sp³-hybridized carbons (Fsp3) is 0.708. The molecule has 2 atom stereocenters. The average molecular weight is 457 g/mol. The summed E-state index contributed by atoms with van der Waals surface area (Å²) in [6, 6.07) is 2.22. The molecule has 4 rings (SSSR count). The van der Waals surface area contributed by atoms with Crippen LogP contribution >= 0.6 is 0 Å². The van der Waals surface area contributed by atoms with Crippen LogP contribution in [0.1, 0.15) is 62.6 Å². The molecule has 2 heterocycles. The monoisotopic (exact) mass is 456 g/mol. The van der Waals surface area contributed by atoms with Crippen molar-refractivity contribution in [2.45, 2.75) is 77.2 Å². The van der Waals surface area contributed by atoms with Gasteiger partial charge in [-0.05, 0) is 67.7 Å². The van der Waals surface area contributed by atoms with Crippen molar-refractivity contribution in [3.63, 3.8) is 0 Å². The fourth-order valence-electron chi connectivity index (χ4n) is 5.68. The number of benzene rings is 1. The van der Waals surface area contributed by atoms with Crippen LogP contribution in [0.5, 0.6) is 0 Å². The first-order valence-corrected chi connectivity index (χ1v) is 11.6. The Kier molecular flexibility index (Phi) is 6.56. The number of alkyl halides is 3. The van der Waals surface area contributed by atoms with Crippen molar-refractivity contribution in [1.29, 1.82) is 0 Å². The van der Waals surface area contributed by atoms with Crippen LogP contribution in [0.15, 0.2) is 12.1 Å². The van der Waals surface area contributed by atoms with E-state index in [2.05, 4.69) is 5.32 Å². The van der Waals surface area contributed by atoms with E-state index in [-0.39, 0.29) is 36.4 Å². The summed E-state index contributed by atoms with van der Waals surface area (Å²) in [4.78, 5) is 15.4. The summed E-state index contributed by atoms with van der Waals surface area (Å²) in [5, 5.41) is 3.71.